The number of carbonyl (C=O) groups excluding carboxylic acids is 1. The summed E-state index contributed by atoms with van der Waals surface area (Å²) in [6.07, 6.45) is 3.12. The second-order valence-corrected chi connectivity index (χ2v) is 5.38. The van der Waals surface area contributed by atoms with Gasteiger partial charge in [0.15, 0.2) is 5.69 Å². The molecular weight excluding hydrogens is 266 g/mol. The number of carbonyl (C=O) groups is 1. The van der Waals surface area contributed by atoms with Crippen LogP contribution >= 0.6 is 0 Å². The fourth-order valence-electron chi connectivity index (χ4n) is 2.38. The zero-order chi connectivity index (χ0) is 14.8. The number of benzene rings is 1. The molecule has 1 fully saturated rings. The molecule has 21 heavy (non-hydrogen) atoms. The molecule has 1 heterocycles. The van der Waals surface area contributed by atoms with E-state index in [1.54, 1.807) is 6.07 Å². The van der Waals surface area contributed by atoms with Crippen LogP contribution in [0.3, 0.4) is 0 Å². The van der Waals surface area contributed by atoms with Gasteiger partial charge in [0.2, 0.25) is 0 Å². The lowest BCUT2D eigenvalue weighted by molar-refractivity contribution is 0.101. The van der Waals surface area contributed by atoms with Gasteiger partial charge in [-0.1, -0.05) is 18.1 Å². The Bertz CT molecular complexity index is 659. The molecule has 3 N–H and O–H groups in total. The maximum Gasteiger partial charge on any atom is 0.277 e. The number of hydrogen-bond acceptors (Lipinski definition) is 4. The highest BCUT2D eigenvalue weighted by Crippen LogP contribution is 2.40. The molecule has 5 nitrogen and oxygen atoms in total. The average molecular weight is 285 g/mol. The zero-order valence-electron chi connectivity index (χ0n) is 12.1. The lowest BCUT2D eigenvalue weighted by atomic mass is 10.0. The topological polar surface area (TPSA) is 81.2 Å². The lowest BCUT2D eigenvalue weighted by Gasteiger charge is -2.09. The summed E-state index contributed by atoms with van der Waals surface area (Å²) >= 11 is 0. The monoisotopic (exact) mass is 285 g/mol. The third-order valence-electron chi connectivity index (χ3n) is 3.81. The van der Waals surface area contributed by atoms with Crippen molar-refractivity contribution in [2.24, 2.45) is 5.73 Å². The molecule has 0 saturated heterocycles. The molecule has 0 spiro atoms. The highest BCUT2D eigenvalue weighted by Gasteiger charge is 2.28. The first-order valence-electron chi connectivity index (χ1n) is 7.31. The van der Waals surface area contributed by atoms with E-state index in [0.717, 1.165) is 41.8 Å². The highest BCUT2D eigenvalue weighted by atomic mass is 16.5. The van der Waals surface area contributed by atoms with Crippen molar-refractivity contribution in [1.29, 1.82) is 0 Å². The molecule has 1 aromatic carbocycles. The predicted molar refractivity (Wildman–Crippen MR) is 80.1 cm³/mol. The number of anilines is 1. The minimum absolute atomic E-state index is 0.242. The quantitative estimate of drug-likeness (QED) is 0.885. The van der Waals surface area contributed by atoms with Crippen molar-refractivity contribution in [2.45, 2.75) is 38.6 Å². The van der Waals surface area contributed by atoms with Crippen molar-refractivity contribution in [3.05, 3.63) is 46.8 Å². The molecule has 110 valence electrons. The summed E-state index contributed by atoms with van der Waals surface area (Å²) in [5.74, 6) is 1.02. The van der Waals surface area contributed by atoms with Gasteiger partial charge in [-0.25, -0.2) is 0 Å². The van der Waals surface area contributed by atoms with Crippen LogP contribution in [0.1, 0.15) is 53.1 Å². The summed E-state index contributed by atoms with van der Waals surface area (Å²) in [5, 5.41) is 6.70. The van der Waals surface area contributed by atoms with Crippen molar-refractivity contribution in [1.82, 2.24) is 5.16 Å². The first-order valence-corrected chi connectivity index (χ1v) is 7.31. The molecule has 0 atom stereocenters. The Balaban J connectivity index is 1.74. The molecule has 1 aliphatic rings. The normalized spacial score (nSPS) is 14.2. The number of rotatable bonds is 5. The fraction of sp³-hybridized carbons (Fsp3) is 0.375. The number of amides is 1. The van der Waals surface area contributed by atoms with E-state index in [4.69, 9.17) is 10.3 Å². The van der Waals surface area contributed by atoms with Crippen LogP contribution in [0.15, 0.2) is 28.8 Å². The Morgan fingerprint density at radius 3 is 2.86 bits per heavy atom. The largest absolute Gasteiger partial charge is 0.360 e. The second kappa shape index (κ2) is 5.69. The molecular formula is C16H19N3O2. The molecule has 1 aliphatic carbocycles. The van der Waals surface area contributed by atoms with Crippen LogP contribution in [0.25, 0.3) is 0 Å². The van der Waals surface area contributed by atoms with Crippen LogP contribution in [-0.4, -0.2) is 11.1 Å². The Kier molecular flexibility index (Phi) is 3.75. The summed E-state index contributed by atoms with van der Waals surface area (Å²) < 4.78 is 5.20. The van der Waals surface area contributed by atoms with Crippen molar-refractivity contribution in [3.63, 3.8) is 0 Å². The number of nitrogens with zero attached hydrogens (tertiary/aromatic N) is 1. The standard InChI is InChI=1S/C16H19N3O2/c1-2-10-7-13(6-5-12(10)9-17)18-16(20)14-8-15(21-19-14)11-3-4-11/h5-8,11H,2-4,9,17H2,1H3,(H,18,20). The minimum Gasteiger partial charge on any atom is -0.360 e. The Morgan fingerprint density at radius 1 is 1.38 bits per heavy atom. The SMILES string of the molecule is CCc1cc(NC(=O)c2cc(C3CC3)on2)ccc1CN. The lowest BCUT2D eigenvalue weighted by Crippen LogP contribution is -2.13. The van der Waals surface area contributed by atoms with Gasteiger partial charge in [-0.15, -0.1) is 0 Å². The van der Waals surface area contributed by atoms with Gasteiger partial charge >= 0.3 is 0 Å². The van der Waals surface area contributed by atoms with Gasteiger partial charge in [0.1, 0.15) is 5.76 Å². The van der Waals surface area contributed by atoms with E-state index in [0.29, 0.717) is 18.2 Å². The van der Waals surface area contributed by atoms with Gasteiger partial charge in [0.05, 0.1) is 0 Å². The minimum atomic E-state index is -0.242. The summed E-state index contributed by atoms with van der Waals surface area (Å²) in [6.45, 7) is 2.57. The Morgan fingerprint density at radius 2 is 2.19 bits per heavy atom. The summed E-state index contributed by atoms with van der Waals surface area (Å²) in [7, 11) is 0. The zero-order valence-corrected chi connectivity index (χ0v) is 12.1. The Labute approximate surface area is 123 Å². The van der Waals surface area contributed by atoms with Crippen molar-refractivity contribution in [2.75, 3.05) is 5.32 Å². The fourth-order valence-corrected chi connectivity index (χ4v) is 2.38. The van der Waals surface area contributed by atoms with Gasteiger partial charge in [-0.05, 0) is 42.5 Å². The first kappa shape index (κ1) is 13.8. The van der Waals surface area contributed by atoms with Gasteiger partial charge in [-0.2, -0.15) is 0 Å². The van der Waals surface area contributed by atoms with E-state index in [-0.39, 0.29) is 5.91 Å². The van der Waals surface area contributed by atoms with Crippen molar-refractivity contribution >= 4 is 11.6 Å². The van der Waals surface area contributed by atoms with E-state index in [9.17, 15) is 4.79 Å². The Hall–Kier alpha value is -2.14. The van der Waals surface area contributed by atoms with E-state index in [1.165, 1.54) is 0 Å². The highest BCUT2D eigenvalue weighted by molar-refractivity contribution is 6.02. The molecule has 2 aromatic rings. The van der Waals surface area contributed by atoms with Crippen molar-refractivity contribution < 1.29 is 9.32 Å². The third-order valence-corrected chi connectivity index (χ3v) is 3.81. The predicted octanol–water partition coefficient (Wildman–Crippen LogP) is 2.83. The molecule has 3 rings (SSSR count). The summed E-state index contributed by atoms with van der Waals surface area (Å²) in [6, 6.07) is 7.51. The van der Waals surface area contributed by atoms with E-state index in [2.05, 4.69) is 17.4 Å². The maximum atomic E-state index is 12.2. The molecule has 5 heteroatoms. The van der Waals surface area contributed by atoms with Crippen molar-refractivity contribution in [3.8, 4) is 0 Å². The molecule has 1 aromatic heterocycles. The molecule has 1 amide bonds. The number of aromatic nitrogens is 1. The molecule has 0 unspecified atom stereocenters. The van der Waals surface area contributed by atoms with Gasteiger partial charge in [0.25, 0.3) is 5.91 Å². The first-order chi connectivity index (χ1) is 10.2. The summed E-state index contributed by atoms with van der Waals surface area (Å²) in [4.78, 5) is 12.2. The van der Waals surface area contributed by atoms with Gasteiger partial charge in [0, 0.05) is 24.2 Å². The molecule has 0 radical (unpaired) electrons. The van der Waals surface area contributed by atoms with Crippen LogP contribution in [0, 0.1) is 0 Å². The van der Waals surface area contributed by atoms with E-state index < -0.39 is 0 Å². The van der Waals surface area contributed by atoms with Crippen LogP contribution in [0.5, 0.6) is 0 Å². The number of hydrogen-bond donors (Lipinski definition) is 2. The maximum absolute atomic E-state index is 12.2. The van der Waals surface area contributed by atoms with Crippen LogP contribution in [0.2, 0.25) is 0 Å². The van der Waals surface area contributed by atoms with E-state index >= 15 is 0 Å². The molecule has 0 bridgehead atoms. The molecule has 1 saturated carbocycles. The average Bonchev–Trinajstić information content (AvgIpc) is 3.24. The van der Waals surface area contributed by atoms with E-state index in [1.807, 2.05) is 18.2 Å². The number of aryl methyl sites for hydroxylation is 1. The van der Waals surface area contributed by atoms with Crippen LogP contribution in [0.4, 0.5) is 5.69 Å². The number of nitrogens with one attached hydrogen (secondary N) is 1. The number of nitrogens with two attached hydrogens (primary N) is 1. The molecule has 0 aliphatic heterocycles. The van der Waals surface area contributed by atoms with Gasteiger partial charge < -0.3 is 15.6 Å². The van der Waals surface area contributed by atoms with Crippen LogP contribution < -0.4 is 11.1 Å². The van der Waals surface area contributed by atoms with Crippen LogP contribution in [-0.2, 0) is 13.0 Å². The second-order valence-electron chi connectivity index (χ2n) is 5.38. The summed E-state index contributed by atoms with van der Waals surface area (Å²) in [5.41, 5.74) is 9.03. The van der Waals surface area contributed by atoms with Gasteiger partial charge in [-0.3, -0.25) is 4.79 Å². The smallest absolute Gasteiger partial charge is 0.277 e. The third kappa shape index (κ3) is 2.97.